The lowest BCUT2D eigenvalue weighted by molar-refractivity contribution is 0.191. The van der Waals surface area contributed by atoms with Gasteiger partial charge in [0, 0.05) is 49.9 Å². The smallest absolute Gasteiger partial charge is 0.167 e. The van der Waals surface area contributed by atoms with Gasteiger partial charge in [0.2, 0.25) is 0 Å². The van der Waals surface area contributed by atoms with E-state index in [4.69, 9.17) is 4.74 Å². The Bertz CT molecular complexity index is 1260. The van der Waals surface area contributed by atoms with Crippen LogP contribution in [0.3, 0.4) is 0 Å². The number of fused-ring (bicyclic) bond motifs is 1. The molecule has 4 aromatic rings. The van der Waals surface area contributed by atoms with E-state index in [1.54, 1.807) is 12.4 Å². The zero-order chi connectivity index (χ0) is 21.7. The molecule has 2 fully saturated rings. The topological polar surface area (TPSA) is 98.8 Å². The van der Waals surface area contributed by atoms with Crippen molar-refractivity contribution in [1.82, 2.24) is 30.4 Å². The summed E-state index contributed by atoms with van der Waals surface area (Å²) in [7, 11) is 0. The van der Waals surface area contributed by atoms with Gasteiger partial charge in [-0.1, -0.05) is 0 Å². The van der Waals surface area contributed by atoms with E-state index in [2.05, 4.69) is 40.2 Å². The number of anilines is 2. The van der Waals surface area contributed by atoms with Crippen LogP contribution < -0.4 is 14.5 Å². The second-order valence-electron chi connectivity index (χ2n) is 8.64. The van der Waals surface area contributed by atoms with Crippen LogP contribution in [0, 0.1) is 5.82 Å². The second-order valence-corrected chi connectivity index (χ2v) is 8.64. The number of rotatable bonds is 5. The van der Waals surface area contributed by atoms with Gasteiger partial charge in [0.15, 0.2) is 11.6 Å². The summed E-state index contributed by atoms with van der Waals surface area (Å²) in [6, 6.07) is 5.10. The van der Waals surface area contributed by atoms with Crippen molar-refractivity contribution in [2.75, 3.05) is 36.0 Å². The van der Waals surface area contributed by atoms with Gasteiger partial charge in [-0.3, -0.25) is 10.2 Å². The van der Waals surface area contributed by atoms with Crippen LogP contribution in [0.2, 0.25) is 0 Å². The molecule has 0 atom stereocenters. The molecule has 6 rings (SSSR count). The lowest BCUT2D eigenvalue weighted by Gasteiger charge is -2.35. The van der Waals surface area contributed by atoms with E-state index in [9.17, 15) is 4.39 Å². The van der Waals surface area contributed by atoms with Gasteiger partial charge in [-0.15, -0.1) is 0 Å². The van der Waals surface area contributed by atoms with E-state index in [-0.39, 0.29) is 17.2 Å². The minimum atomic E-state index is -0.389. The Morgan fingerprint density at radius 1 is 1.06 bits per heavy atom. The third-order valence-corrected chi connectivity index (χ3v) is 6.27. The number of nitrogens with one attached hydrogen (secondary N) is 2. The Hall–Kier alpha value is -3.69. The summed E-state index contributed by atoms with van der Waals surface area (Å²) < 4.78 is 20.4. The molecule has 10 heteroatoms. The Morgan fingerprint density at radius 3 is 2.62 bits per heavy atom. The average Bonchev–Trinajstić information content (AvgIpc) is 3.20. The zero-order valence-electron chi connectivity index (χ0n) is 17.7. The predicted octanol–water partition coefficient (Wildman–Crippen LogP) is 3.14. The van der Waals surface area contributed by atoms with E-state index in [0.717, 1.165) is 55.9 Å². The molecule has 1 aliphatic carbocycles. The summed E-state index contributed by atoms with van der Waals surface area (Å²) in [6.07, 6.45) is 7.18. The van der Waals surface area contributed by atoms with Gasteiger partial charge in [0.1, 0.15) is 23.4 Å². The molecule has 2 N–H and O–H groups in total. The van der Waals surface area contributed by atoms with Crippen molar-refractivity contribution in [3.8, 4) is 17.1 Å². The van der Waals surface area contributed by atoms with E-state index in [0.29, 0.717) is 16.9 Å². The van der Waals surface area contributed by atoms with Crippen LogP contribution in [0.5, 0.6) is 5.75 Å². The number of aromatic nitrogens is 6. The highest BCUT2D eigenvalue weighted by atomic mass is 19.1. The lowest BCUT2D eigenvalue weighted by Crippen LogP contribution is -2.46. The fourth-order valence-electron chi connectivity index (χ4n) is 4.10. The molecule has 0 spiro atoms. The number of H-pyrrole nitrogens is 2. The number of hydrogen-bond acceptors (Lipinski definition) is 7. The van der Waals surface area contributed by atoms with Gasteiger partial charge < -0.3 is 14.5 Å². The number of hydrogen-bond donors (Lipinski definition) is 2. The first kappa shape index (κ1) is 19.0. The van der Waals surface area contributed by atoms with Crippen LogP contribution in [0.15, 0.2) is 36.9 Å². The third kappa shape index (κ3) is 3.41. The maximum atomic E-state index is 14.5. The van der Waals surface area contributed by atoms with Gasteiger partial charge >= 0.3 is 0 Å². The summed E-state index contributed by atoms with van der Waals surface area (Å²) in [4.78, 5) is 13.5. The number of benzene rings is 1. The number of halogens is 1. The van der Waals surface area contributed by atoms with Crippen LogP contribution >= 0.6 is 0 Å². The third-order valence-electron chi connectivity index (χ3n) is 6.27. The van der Waals surface area contributed by atoms with Crippen LogP contribution in [-0.4, -0.2) is 62.1 Å². The molecule has 9 nitrogen and oxygen atoms in total. The lowest BCUT2D eigenvalue weighted by atomic mass is 10.1. The maximum Gasteiger partial charge on any atom is 0.167 e. The molecule has 1 saturated carbocycles. The second kappa shape index (κ2) is 7.18. The van der Waals surface area contributed by atoms with Gasteiger partial charge in [0.25, 0.3) is 0 Å². The Labute approximate surface area is 183 Å². The number of ether oxygens (including phenoxy) is 1. The summed E-state index contributed by atoms with van der Waals surface area (Å²) in [5.74, 6) is 0.714. The normalized spacial score (nSPS) is 17.7. The van der Waals surface area contributed by atoms with Crippen molar-refractivity contribution in [2.24, 2.45) is 0 Å². The van der Waals surface area contributed by atoms with Crippen molar-refractivity contribution in [1.29, 1.82) is 0 Å². The SMILES string of the molecule is CC1(Oc2cc3c(-c4cc(N5CCN(c6cn[nH]c6)CC5)ncn4)n[nH]c3cc2F)CC1. The maximum absolute atomic E-state index is 14.5. The number of aromatic amines is 2. The summed E-state index contributed by atoms with van der Waals surface area (Å²) in [5, 5.41) is 15.0. The quantitative estimate of drug-likeness (QED) is 0.498. The monoisotopic (exact) mass is 434 g/mol. The standard InChI is InChI=1S/C22H23FN8O/c1-22(2-3-22)32-19-8-15-17(9-16(19)23)28-29-21(15)18-10-20(25-13-24-18)31-6-4-30(5-7-31)14-11-26-27-12-14/h8-13H,2-7H2,1H3,(H,26,27)(H,28,29). The highest BCUT2D eigenvalue weighted by Crippen LogP contribution is 2.41. The van der Waals surface area contributed by atoms with Gasteiger partial charge in [-0.2, -0.15) is 10.2 Å². The molecule has 2 aliphatic rings. The minimum Gasteiger partial charge on any atom is -0.484 e. The first-order chi connectivity index (χ1) is 15.6. The van der Waals surface area contributed by atoms with Crippen molar-refractivity contribution in [2.45, 2.75) is 25.4 Å². The van der Waals surface area contributed by atoms with Crippen LogP contribution in [0.4, 0.5) is 15.9 Å². The van der Waals surface area contributed by atoms with Crippen molar-refractivity contribution in [3.63, 3.8) is 0 Å². The predicted molar refractivity (Wildman–Crippen MR) is 118 cm³/mol. The van der Waals surface area contributed by atoms with E-state index < -0.39 is 0 Å². The summed E-state index contributed by atoms with van der Waals surface area (Å²) >= 11 is 0. The van der Waals surface area contributed by atoms with E-state index in [1.807, 2.05) is 25.4 Å². The fourth-order valence-corrected chi connectivity index (χ4v) is 4.10. The van der Waals surface area contributed by atoms with Crippen LogP contribution in [-0.2, 0) is 0 Å². The minimum absolute atomic E-state index is 0.254. The van der Waals surface area contributed by atoms with Crippen molar-refractivity contribution < 1.29 is 9.13 Å². The first-order valence-electron chi connectivity index (χ1n) is 10.8. The molecular weight excluding hydrogens is 411 g/mol. The van der Waals surface area contributed by atoms with Gasteiger partial charge in [-0.05, 0) is 25.8 Å². The summed E-state index contributed by atoms with van der Waals surface area (Å²) in [6.45, 7) is 5.43. The highest BCUT2D eigenvalue weighted by Gasteiger charge is 2.40. The molecule has 0 unspecified atom stereocenters. The number of nitrogens with zero attached hydrogens (tertiary/aromatic N) is 6. The molecule has 0 radical (unpaired) electrons. The Balaban J connectivity index is 1.27. The first-order valence-corrected chi connectivity index (χ1v) is 10.8. The molecule has 1 aromatic carbocycles. The van der Waals surface area contributed by atoms with Gasteiger partial charge in [0.05, 0.1) is 23.1 Å². The van der Waals surface area contributed by atoms with Crippen LogP contribution in [0.25, 0.3) is 22.3 Å². The largest absolute Gasteiger partial charge is 0.484 e. The average molecular weight is 434 g/mol. The molecule has 164 valence electrons. The molecule has 0 amide bonds. The zero-order valence-corrected chi connectivity index (χ0v) is 17.7. The molecule has 1 saturated heterocycles. The highest BCUT2D eigenvalue weighted by molar-refractivity contribution is 5.93. The molecular formula is C22H23FN8O. The van der Waals surface area contributed by atoms with Crippen molar-refractivity contribution >= 4 is 22.4 Å². The van der Waals surface area contributed by atoms with Crippen molar-refractivity contribution in [3.05, 3.63) is 42.7 Å². The molecule has 3 aromatic heterocycles. The molecule has 4 heterocycles. The van der Waals surface area contributed by atoms with Gasteiger partial charge in [-0.25, -0.2) is 14.4 Å². The van der Waals surface area contributed by atoms with E-state index in [1.165, 1.54) is 6.07 Å². The fraction of sp³-hybridized carbons (Fsp3) is 0.364. The molecule has 0 bridgehead atoms. The summed E-state index contributed by atoms with van der Waals surface area (Å²) in [5.41, 5.74) is 2.79. The van der Waals surface area contributed by atoms with E-state index >= 15 is 0 Å². The van der Waals surface area contributed by atoms with Crippen LogP contribution in [0.1, 0.15) is 19.8 Å². The Kier molecular flexibility index (Phi) is 4.27. The molecule has 32 heavy (non-hydrogen) atoms. The number of piperazine rings is 1. The molecule has 1 aliphatic heterocycles. The Morgan fingerprint density at radius 2 is 1.88 bits per heavy atom.